The van der Waals surface area contributed by atoms with Crippen LogP contribution in [0.3, 0.4) is 0 Å². The Morgan fingerprint density at radius 3 is 2.43 bits per heavy atom. The van der Waals surface area contributed by atoms with Gasteiger partial charge in [0.25, 0.3) is 0 Å². The number of aromatic nitrogens is 2. The van der Waals surface area contributed by atoms with Crippen molar-refractivity contribution in [3.63, 3.8) is 0 Å². The number of rotatable bonds is 3. The number of benzene rings is 2. The van der Waals surface area contributed by atoms with Crippen molar-refractivity contribution >= 4 is 28.4 Å². The Hall–Kier alpha value is -2.66. The molecule has 0 spiro atoms. The van der Waals surface area contributed by atoms with Crippen LogP contribution >= 0.6 is 0 Å². The number of hydrogen-bond acceptors (Lipinski definition) is 5. The summed E-state index contributed by atoms with van der Waals surface area (Å²) in [6, 6.07) is 18.2. The van der Waals surface area contributed by atoms with Crippen LogP contribution in [-0.2, 0) is 4.74 Å². The molecule has 0 radical (unpaired) electrons. The maximum absolute atomic E-state index is 5.42. The lowest BCUT2D eigenvalue weighted by molar-refractivity contribution is 0.122. The highest BCUT2D eigenvalue weighted by atomic mass is 16.5. The summed E-state index contributed by atoms with van der Waals surface area (Å²) in [4.78, 5) is 11.7. The zero-order valence-corrected chi connectivity index (χ0v) is 12.8. The number of para-hydroxylation sites is 2. The van der Waals surface area contributed by atoms with Gasteiger partial charge in [-0.05, 0) is 24.3 Å². The number of anilines is 3. The van der Waals surface area contributed by atoms with Gasteiger partial charge in [-0.15, -0.1) is 0 Å². The van der Waals surface area contributed by atoms with Crippen molar-refractivity contribution in [3.8, 4) is 0 Å². The molecule has 1 aliphatic heterocycles. The van der Waals surface area contributed by atoms with Gasteiger partial charge in [0.15, 0.2) is 0 Å². The molecule has 1 fully saturated rings. The number of ether oxygens (including phenoxy) is 1. The predicted molar refractivity (Wildman–Crippen MR) is 92.3 cm³/mol. The summed E-state index contributed by atoms with van der Waals surface area (Å²) >= 11 is 0. The third-order valence-corrected chi connectivity index (χ3v) is 3.92. The van der Waals surface area contributed by atoms with Crippen LogP contribution in [-0.4, -0.2) is 36.3 Å². The molecule has 2 aromatic carbocycles. The van der Waals surface area contributed by atoms with Crippen molar-refractivity contribution in [2.24, 2.45) is 0 Å². The minimum atomic E-state index is 0.720. The second-order valence-electron chi connectivity index (χ2n) is 5.48. The molecule has 5 heteroatoms. The van der Waals surface area contributed by atoms with E-state index in [0.29, 0.717) is 0 Å². The van der Waals surface area contributed by atoms with Gasteiger partial charge >= 0.3 is 0 Å². The van der Waals surface area contributed by atoms with E-state index in [4.69, 9.17) is 14.7 Å². The lowest BCUT2D eigenvalue weighted by atomic mass is 10.2. The van der Waals surface area contributed by atoms with E-state index >= 15 is 0 Å². The highest BCUT2D eigenvalue weighted by Gasteiger charge is 2.16. The molecule has 1 N–H and O–H groups in total. The number of fused-ring (bicyclic) bond motifs is 1. The van der Waals surface area contributed by atoms with Crippen LogP contribution < -0.4 is 10.2 Å². The highest BCUT2D eigenvalue weighted by Crippen LogP contribution is 2.26. The topological polar surface area (TPSA) is 50.3 Å². The molecule has 23 heavy (non-hydrogen) atoms. The first kappa shape index (κ1) is 14.0. The van der Waals surface area contributed by atoms with Gasteiger partial charge in [-0.25, -0.2) is 4.98 Å². The summed E-state index contributed by atoms with van der Waals surface area (Å²) in [5.41, 5.74) is 1.96. The van der Waals surface area contributed by atoms with Crippen molar-refractivity contribution in [1.29, 1.82) is 0 Å². The van der Waals surface area contributed by atoms with Gasteiger partial charge < -0.3 is 15.0 Å². The van der Waals surface area contributed by atoms with E-state index in [1.807, 2.05) is 54.6 Å². The molecule has 116 valence electrons. The van der Waals surface area contributed by atoms with Crippen molar-refractivity contribution < 1.29 is 4.74 Å². The molecular formula is C18H18N4O. The SMILES string of the molecule is c1ccc(Nc2nc(N3CCOCC3)nc3ccccc23)cc1. The van der Waals surface area contributed by atoms with Gasteiger partial charge in [-0.1, -0.05) is 30.3 Å². The Bertz CT molecular complexity index is 800. The van der Waals surface area contributed by atoms with E-state index in [1.165, 1.54) is 0 Å². The van der Waals surface area contributed by atoms with Crippen LogP contribution in [0.25, 0.3) is 10.9 Å². The molecule has 2 heterocycles. The molecule has 5 nitrogen and oxygen atoms in total. The van der Waals surface area contributed by atoms with Crippen molar-refractivity contribution in [3.05, 3.63) is 54.6 Å². The van der Waals surface area contributed by atoms with Gasteiger partial charge in [0.2, 0.25) is 5.95 Å². The van der Waals surface area contributed by atoms with Gasteiger partial charge in [0.05, 0.1) is 18.7 Å². The second kappa shape index (κ2) is 6.22. The number of nitrogens with one attached hydrogen (secondary N) is 1. The molecular weight excluding hydrogens is 288 g/mol. The summed E-state index contributed by atoms with van der Waals surface area (Å²) < 4.78 is 5.42. The summed E-state index contributed by atoms with van der Waals surface area (Å²) in [7, 11) is 0. The Morgan fingerprint density at radius 2 is 1.61 bits per heavy atom. The Kier molecular flexibility index (Phi) is 3.78. The lowest BCUT2D eigenvalue weighted by Gasteiger charge is -2.27. The Balaban J connectivity index is 1.77. The molecule has 0 unspecified atom stereocenters. The van der Waals surface area contributed by atoms with Gasteiger partial charge in [0.1, 0.15) is 5.82 Å². The molecule has 3 aromatic rings. The maximum atomic E-state index is 5.42. The summed E-state index contributed by atoms with van der Waals surface area (Å²) in [5.74, 6) is 1.59. The minimum absolute atomic E-state index is 0.720. The van der Waals surface area contributed by atoms with Crippen LogP contribution in [0, 0.1) is 0 Å². The molecule has 0 aliphatic carbocycles. The van der Waals surface area contributed by atoms with E-state index in [2.05, 4.69) is 10.2 Å². The smallest absolute Gasteiger partial charge is 0.228 e. The normalized spacial score (nSPS) is 14.9. The molecule has 0 saturated carbocycles. The standard InChI is InChI=1S/C18H18N4O/c1-2-6-14(7-3-1)19-17-15-8-4-5-9-16(15)20-18(21-17)22-10-12-23-13-11-22/h1-9H,10-13H2,(H,19,20,21). The molecule has 1 aromatic heterocycles. The van der Waals surface area contributed by atoms with Crippen LogP contribution in [0.15, 0.2) is 54.6 Å². The van der Waals surface area contributed by atoms with E-state index in [1.54, 1.807) is 0 Å². The van der Waals surface area contributed by atoms with Gasteiger partial charge in [0, 0.05) is 24.2 Å². The zero-order valence-electron chi connectivity index (χ0n) is 12.8. The quantitative estimate of drug-likeness (QED) is 0.805. The molecule has 0 bridgehead atoms. The monoisotopic (exact) mass is 306 g/mol. The van der Waals surface area contributed by atoms with E-state index < -0.39 is 0 Å². The summed E-state index contributed by atoms with van der Waals surface area (Å²) in [5, 5.41) is 4.44. The highest BCUT2D eigenvalue weighted by molar-refractivity contribution is 5.91. The molecule has 1 aliphatic rings. The summed E-state index contributed by atoms with van der Waals surface area (Å²) in [6.07, 6.45) is 0. The molecule has 0 amide bonds. The molecule has 1 saturated heterocycles. The minimum Gasteiger partial charge on any atom is -0.378 e. The second-order valence-corrected chi connectivity index (χ2v) is 5.48. The maximum Gasteiger partial charge on any atom is 0.228 e. The van der Waals surface area contributed by atoms with Gasteiger partial charge in [-0.3, -0.25) is 0 Å². The number of nitrogens with zero attached hydrogens (tertiary/aromatic N) is 3. The number of hydrogen-bond donors (Lipinski definition) is 1. The first-order chi connectivity index (χ1) is 11.4. The first-order valence-electron chi connectivity index (χ1n) is 7.82. The molecule has 4 rings (SSSR count). The Morgan fingerprint density at radius 1 is 0.870 bits per heavy atom. The van der Waals surface area contributed by atoms with Crippen molar-refractivity contribution in [2.45, 2.75) is 0 Å². The average Bonchev–Trinajstić information content (AvgIpc) is 2.63. The lowest BCUT2D eigenvalue weighted by Crippen LogP contribution is -2.37. The largest absolute Gasteiger partial charge is 0.378 e. The fourth-order valence-electron chi connectivity index (χ4n) is 2.72. The van der Waals surface area contributed by atoms with Crippen LogP contribution in [0.4, 0.5) is 17.5 Å². The number of morpholine rings is 1. The van der Waals surface area contributed by atoms with E-state index in [0.717, 1.165) is 54.7 Å². The van der Waals surface area contributed by atoms with Crippen LogP contribution in [0.2, 0.25) is 0 Å². The van der Waals surface area contributed by atoms with Crippen LogP contribution in [0.5, 0.6) is 0 Å². The van der Waals surface area contributed by atoms with E-state index in [9.17, 15) is 0 Å². The average molecular weight is 306 g/mol. The molecule has 0 atom stereocenters. The fraction of sp³-hybridized carbons (Fsp3) is 0.222. The van der Waals surface area contributed by atoms with Gasteiger partial charge in [-0.2, -0.15) is 4.98 Å². The third kappa shape index (κ3) is 2.96. The van der Waals surface area contributed by atoms with Crippen LogP contribution in [0.1, 0.15) is 0 Å². The predicted octanol–water partition coefficient (Wildman–Crippen LogP) is 3.21. The summed E-state index contributed by atoms with van der Waals surface area (Å²) in [6.45, 7) is 3.08. The fourth-order valence-corrected chi connectivity index (χ4v) is 2.72. The van der Waals surface area contributed by atoms with Crippen molar-refractivity contribution in [2.75, 3.05) is 36.5 Å². The van der Waals surface area contributed by atoms with Crippen molar-refractivity contribution in [1.82, 2.24) is 9.97 Å². The zero-order chi connectivity index (χ0) is 15.5. The van der Waals surface area contributed by atoms with E-state index in [-0.39, 0.29) is 0 Å². The first-order valence-corrected chi connectivity index (χ1v) is 7.82. The Labute approximate surface area is 134 Å². The third-order valence-electron chi connectivity index (χ3n) is 3.92.